The van der Waals surface area contributed by atoms with Gasteiger partial charge in [-0.05, 0) is 18.1 Å². The van der Waals surface area contributed by atoms with E-state index in [1.165, 1.54) is 11.3 Å². The van der Waals surface area contributed by atoms with Gasteiger partial charge in [-0.1, -0.05) is 18.2 Å². The highest BCUT2D eigenvalue weighted by Gasteiger charge is 2.16. The van der Waals surface area contributed by atoms with Gasteiger partial charge in [0.05, 0.1) is 34.1 Å². The number of aliphatic hydroxyl groups is 1. The van der Waals surface area contributed by atoms with Crippen LogP contribution in [0.5, 0.6) is 0 Å². The number of thiazole rings is 2. The van der Waals surface area contributed by atoms with Gasteiger partial charge >= 0.3 is 6.03 Å². The van der Waals surface area contributed by atoms with Crippen molar-refractivity contribution in [2.24, 2.45) is 0 Å². The average molecular weight is 422 g/mol. The van der Waals surface area contributed by atoms with E-state index >= 15 is 0 Å². The number of aromatic nitrogens is 3. The van der Waals surface area contributed by atoms with Crippen molar-refractivity contribution in [3.63, 3.8) is 0 Å². The third kappa shape index (κ3) is 4.09. The van der Waals surface area contributed by atoms with Crippen molar-refractivity contribution in [1.29, 1.82) is 0 Å². The van der Waals surface area contributed by atoms with Crippen LogP contribution in [0.3, 0.4) is 0 Å². The molecule has 144 valence electrons. The Morgan fingerprint density at radius 2 is 2.14 bits per heavy atom. The van der Waals surface area contributed by atoms with Crippen LogP contribution in [-0.2, 0) is 0 Å². The SMILES string of the molecule is C#Cc1nc(NC(=O)NC(CO)c2ccc(-c3cccc4ncsc34)cn2)cs1. The molecule has 0 aliphatic heterocycles. The number of urea groups is 1. The van der Waals surface area contributed by atoms with Crippen LogP contribution in [0.4, 0.5) is 10.6 Å². The zero-order valence-electron chi connectivity index (χ0n) is 15.0. The van der Waals surface area contributed by atoms with E-state index in [-0.39, 0.29) is 6.61 Å². The van der Waals surface area contributed by atoms with Crippen LogP contribution in [0, 0.1) is 12.3 Å². The molecule has 4 rings (SSSR count). The number of benzene rings is 1. The van der Waals surface area contributed by atoms with Crippen molar-refractivity contribution >= 4 is 44.7 Å². The Hall–Kier alpha value is -3.32. The number of carbonyl (C=O) groups excluding carboxylic acids is 1. The van der Waals surface area contributed by atoms with Gasteiger partial charge < -0.3 is 10.4 Å². The fraction of sp³-hybridized carbons (Fsp3) is 0.100. The molecule has 3 aromatic heterocycles. The zero-order chi connectivity index (χ0) is 20.2. The second-order valence-corrected chi connectivity index (χ2v) is 7.71. The van der Waals surface area contributed by atoms with Gasteiger partial charge in [-0.25, -0.2) is 14.8 Å². The summed E-state index contributed by atoms with van der Waals surface area (Å²) >= 11 is 2.83. The number of aliphatic hydroxyl groups excluding tert-OH is 1. The summed E-state index contributed by atoms with van der Waals surface area (Å²) in [6, 6.07) is 8.49. The fourth-order valence-corrected chi connectivity index (χ4v) is 4.19. The van der Waals surface area contributed by atoms with E-state index in [4.69, 9.17) is 6.42 Å². The fourth-order valence-electron chi connectivity index (χ4n) is 2.81. The molecule has 0 saturated heterocycles. The van der Waals surface area contributed by atoms with Gasteiger partial charge in [0.1, 0.15) is 5.82 Å². The Kier molecular flexibility index (Phi) is 5.48. The Morgan fingerprint density at radius 3 is 2.86 bits per heavy atom. The van der Waals surface area contributed by atoms with Gasteiger partial charge in [-0.3, -0.25) is 10.3 Å². The number of hydrogen-bond donors (Lipinski definition) is 3. The first-order chi connectivity index (χ1) is 14.2. The lowest BCUT2D eigenvalue weighted by Gasteiger charge is -2.16. The molecule has 4 aromatic rings. The molecule has 7 nitrogen and oxygen atoms in total. The van der Waals surface area contributed by atoms with Crippen LogP contribution in [0.1, 0.15) is 16.7 Å². The van der Waals surface area contributed by atoms with Crippen molar-refractivity contribution in [3.8, 4) is 23.5 Å². The van der Waals surface area contributed by atoms with Gasteiger partial charge in [0.2, 0.25) is 0 Å². The normalized spacial score (nSPS) is 11.7. The molecule has 2 amide bonds. The molecule has 0 aliphatic rings. The number of carbonyl (C=O) groups is 1. The number of amides is 2. The molecule has 1 unspecified atom stereocenters. The summed E-state index contributed by atoms with van der Waals surface area (Å²) in [5.41, 5.74) is 5.29. The molecule has 0 aliphatic carbocycles. The van der Waals surface area contributed by atoms with E-state index in [1.807, 2.05) is 29.8 Å². The van der Waals surface area contributed by atoms with Crippen LogP contribution < -0.4 is 10.6 Å². The number of rotatable bonds is 5. The first kappa shape index (κ1) is 19.0. The van der Waals surface area contributed by atoms with E-state index in [1.54, 1.807) is 29.0 Å². The quantitative estimate of drug-likeness (QED) is 0.427. The number of fused-ring (bicyclic) bond motifs is 1. The van der Waals surface area contributed by atoms with Crippen molar-refractivity contribution in [2.75, 3.05) is 11.9 Å². The summed E-state index contributed by atoms with van der Waals surface area (Å²) in [6.07, 6.45) is 7.00. The second kappa shape index (κ2) is 8.36. The second-order valence-electron chi connectivity index (χ2n) is 5.99. The maximum absolute atomic E-state index is 12.2. The van der Waals surface area contributed by atoms with Gasteiger partial charge in [0.25, 0.3) is 0 Å². The molecule has 0 bridgehead atoms. The molecular formula is C20H15N5O2S2. The standard InChI is InChI=1S/C20H15N5O2S2/c1-2-18-24-17(10-28-18)25-20(27)23-16(9-26)14-7-6-12(8-21-14)13-4-3-5-15-19(13)29-11-22-15/h1,3-8,10-11,16,26H,9H2,(H2,23,25,27). The molecule has 9 heteroatoms. The highest BCUT2D eigenvalue weighted by Crippen LogP contribution is 2.31. The summed E-state index contributed by atoms with van der Waals surface area (Å²) in [5, 5.41) is 17.1. The van der Waals surface area contributed by atoms with Gasteiger partial charge in [-0.2, -0.15) is 0 Å². The zero-order valence-corrected chi connectivity index (χ0v) is 16.6. The topological polar surface area (TPSA) is 100 Å². The Balaban J connectivity index is 1.48. The van der Waals surface area contributed by atoms with Gasteiger partial charge in [0.15, 0.2) is 5.01 Å². The molecule has 1 aromatic carbocycles. The average Bonchev–Trinajstić information content (AvgIpc) is 3.41. The molecule has 29 heavy (non-hydrogen) atoms. The summed E-state index contributed by atoms with van der Waals surface area (Å²) < 4.78 is 1.09. The number of anilines is 1. The Labute approximate surface area is 174 Å². The minimum Gasteiger partial charge on any atom is -0.394 e. The predicted molar refractivity (Wildman–Crippen MR) is 115 cm³/mol. The number of nitrogens with zero attached hydrogens (tertiary/aromatic N) is 3. The number of hydrogen-bond acceptors (Lipinski definition) is 7. The van der Waals surface area contributed by atoms with Gasteiger partial charge in [0, 0.05) is 22.7 Å². The molecule has 0 radical (unpaired) electrons. The molecular weight excluding hydrogens is 406 g/mol. The molecule has 0 saturated carbocycles. The molecule has 0 spiro atoms. The van der Waals surface area contributed by atoms with Crippen LogP contribution in [0.25, 0.3) is 21.3 Å². The highest BCUT2D eigenvalue weighted by atomic mass is 32.1. The predicted octanol–water partition coefficient (Wildman–Crippen LogP) is 3.65. The Bertz CT molecular complexity index is 1190. The third-order valence-corrected chi connectivity index (χ3v) is 5.82. The summed E-state index contributed by atoms with van der Waals surface area (Å²) in [5.74, 6) is 2.77. The van der Waals surface area contributed by atoms with E-state index < -0.39 is 12.1 Å². The molecule has 3 heterocycles. The maximum Gasteiger partial charge on any atom is 0.321 e. The molecule has 0 fully saturated rings. The van der Waals surface area contributed by atoms with Crippen molar-refractivity contribution in [2.45, 2.75) is 6.04 Å². The summed E-state index contributed by atoms with van der Waals surface area (Å²) in [4.78, 5) is 25.0. The lowest BCUT2D eigenvalue weighted by atomic mass is 10.1. The number of nitrogens with one attached hydrogen (secondary N) is 2. The van der Waals surface area contributed by atoms with E-state index in [9.17, 15) is 9.90 Å². The summed E-state index contributed by atoms with van der Waals surface area (Å²) in [7, 11) is 0. The lowest BCUT2D eigenvalue weighted by Crippen LogP contribution is -2.34. The van der Waals surface area contributed by atoms with E-state index in [0.29, 0.717) is 16.5 Å². The minimum absolute atomic E-state index is 0.295. The van der Waals surface area contributed by atoms with Gasteiger partial charge in [-0.15, -0.1) is 29.1 Å². The van der Waals surface area contributed by atoms with Crippen LogP contribution in [0.15, 0.2) is 47.4 Å². The highest BCUT2D eigenvalue weighted by molar-refractivity contribution is 7.17. The van der Waals surface area contributed by atoms with Crippen LogP contribution in [0.2, 0.25) is 0 Å². The lowest BCUT2D eigenvalue weighted by molar-refractivity contribution is 0.224. The summed E-state index contributed by atoms with van der Waals surface area (Å²) in [6.45, 7) is -0.295. The van der Waals surface area contributed by atoms with Crippen LogP contribution >= 0.6 is 22.7 Å². The van der Waals surface area contributed by atoms with E-state index in [2.05, 4.69) is 31.5 Å². The first-order valence-electron chi connectivity index (χ1n) is 8.57. The smallest absolute Gasteiger partial charge is 0.321 e. The van der Waals surface area contributed by atoms with E-state index in [0.717, 1.165) is 21.3 Å². The number of terminal acetylenes is 1. The van der Waals surface area contributed by atoms with Crippen LogP contribution in [-0.4, -0.2) is 32.7 Å². The first-order valence-corrected chi connectivity index (χ1v) is 10.3. The Morgan fingerprint density at radius 1 is 1.24 bits per heavy atom. The molecule has 3 N–H and O–H groups in total. The van der Waals surface area contributed by atoms with Crippen molar-refractivity contribution < 1.29 is 9.90 Å². The van der Waals surface area contributed by atoms with Crippen molar-refractivity contribution in [1.82, 2.24) is 20.3 Å². The minimum atomic E-state index is -0.658. The number of pyridine rings is 1. The third-order valence-electron chi connectivity index (χ3n) is 4.17. The monoisotopic (exact) mass is 421 g/mol. The van der Waals surface area contributed by atoms with Crippen molar-refractivity contribution in [3.05, 3.63) is 58.1 Å². The largest absolute Gasteiger partial charge is 0.394 e. The maximum atomic E-state index is 12.2. The molecule has 1 atom stereocenters.